The van der Waals surface area contributed by atoms with Crippen molar-refractivity contribution in [1.82, 2.24) is 5.32 Å². The van der Waals surface area contributed by atoms with Crippen LogP contribution in [0.25, 0.3) is 0 Å². The second kappa shape index (κ2) is 5.53. The molecule has 88 valence electrons. The van der Waals surface area contributed by atoms with Gasteiger partial charge in [-0.3, -0.25) is 4.79 Å². The lowest BCUT2D eigenvalue weighted by Gasteiger charge is -2.24. The van der Waals surface area contributed by atoms with Gasteiger partial charge in [-0.2, -0.15) is 0 Å². The molecule has 1 N–H and O–H groups in total. The van der Waals surface area contributed by atoms with Gasteiger partial charge in [-0.15, -0.1) is 12.4 Å². The number of carbonyl (C=O) groups is 1. The van der Waals surface area contributed by atoms with Crippen molar-refractivity contribution in [2.24, 2.45) is 0 Å². The lowest BCUT2D eigenvalue weighted by atomic mass is 9.96. The van der Waals surface area contributed by atoms with E-state index >= 15 is 0 Å². The van der Waals surface area contributed by atoms with Crippen molar-refractivity contribution in [3.63, 3.8) is 0 Å². The van der Waals surface area contributed by atoms with E-state index < -0.39 is 0 Å². The zero-order valence-electron chi connectivity index (χ0n) is 8.83. The zero-order chi connectivity index (χ0) is 10.8. The molecule has 0 saturated carbocycles. The van der Waals surface area contributed by atoms with Crippen LogP contribution in [-0.4, -0.2) is 19.1 Å². The summed E-state index contributed by atoms with van der Waals surface area (Å²) in [4.78, 5) is 11.3. The summed E-state index contributed by atoms with van der Waals surface area (Å²) >= 11 is 5.90. The Morgan fingerprint density at radius 3 is 2.94 bits per heavy atom. The molecule has 0 fully saturated rings. The molecule has 0 unspecified atom stereocenters. The highest BCUT2D eigenvalue weighted by Gasteiger charge is 2.24. The molecule has 1 aromatic rings. The van der Waals surface area contributed by atoms with Crippen molar-refractivity contribution in [2.45, 2.75) is 19.0 Å². The van der Waals surface area contributed by atoms with Crippen LogP contribution in [0, 0.1) is 0 Å². The van der Waals surface area contributed by atoms with Crippen molar-refractivity contribution >= 4 is 30.0 Å². The monoisotopic (exact) mass is 261 g/mol. The molecule has 1 aromatic carbocycles. The quantitative estimate of drug-likeness (QED) is 0.786. The number of hydrogen-bond donors (Lipinski definition) is 1. The second-order valence-corrected chi connectivity index (χ2v) is 4.01. The number of esters is 1. The van der Waals surface area contributed by atoms with Gasteiger partial charge in [0.2, 0.25) is 0 Å². The van der Waals surface area contributed by atoms with Crippen LogP contribution in [0.1, 0.15) is 11.1 Å². The van der Waals surface area contributed by atoms with Crippen molar-refractivity contribution in [3.05, 3.63) is 34.3 Å². The summed E-state index contributed by atoms with van der Waals surface area (Å²) in [6.45, 7) is 0.687. The standard InChI is InChI=1S/C11H12ClNO2.ClH/c1-15-11(14)10-5-8-4-9(12)3-2-7(8)6-13-10;/h2-4,10,13H,5-6H2,1H3;1H/t10-;/m0./s1. The molecule has 5 heteroatoms. The van der Waals surface area contributed by atoms with Gasteiger partial charge in [0, 0.05) is 11.6 Å². The summed E-state index contributed by atoms with van der Waals surface area (Å²) in [6.07, 6.45) is 0.641. The van der Waals surface area contributed by atoms with Gasteiger partial charge >= 0.3 is 5.97 Å². The maximum absolute atomic E-state index is 11.3. The third-order valence-electron chi connectivity index (χ3n) is 2.62. The van der Waals surface area contributed by atoms with E-state index in [1.807, 2.05) is 18.2 Å². The zero-order valence-corrected chi connectivity index (χ0v) is 10.4. The molecule has 16 heavy (non-hydrogen) atoms. The average molecular weight is 262 g/mol. The molecule has 0 aromatic heterocycles. The summed E-state index contributed by atoms with van der Waals surface area (Å²) < 4.78 is 4.70. The molecule has 0 bridgehead atoms. The van der Waals surface area contributed by atoms with E-state index in [0.29, 0.717) is 18.0 Å². The lowest BCUT2D eigenvalue weighted by molar-refractivity contribution is -0.143. The molecule has 0 saturated heterocycles. The van der Waals surface area contributed by atoms with Crippen LogP contribution < -0.4 is 5.32 Å². The minimum atomic E-state index is -0.249. The van der Waals surface area contributed by atoms with Crippen LogP contribution >= 0.6 is 24.0 Å². The van der Waals surface area contributed by atoms with Gasteiger partial charge in [0.15, 0.2) is 0 Å². The molecule has 0 spiro atoms. The number of ether oxygens (including phenoxy) is 1. The Bertz CT molecular complexity index is 396. The van der Waals surface area contributed by atoms with E-state index in [4.69, 9.17) is 16.3 Å². The second-order valence-electron chi connectivity index (χ2n) is 3.57. The number of rotatable bonds is 1. The van der Waals surface area contributed by atoms with E-state index in [-0.39, 0.29) is 24.4 Å². The lowest BCUT2D eigenvalue weighted by Crippen LogP contribution is -2.42. The molecular weight excluding hydrogens is 249 g/mol. The third-order valence-corrected chi connectivity index (χ3v) is 2.85. The number of nitrogens with one attached hydrogen (secondary N) is 1. The first-order chi connectivity index (χ1) is 7.20. The molecule has 0 radical (unpaired) electrons. The average Bonchev–Trinajstić information content (AvgIpc) is 2.27. The Morgan fingerprint density at radius 2 is 2.25 bits per heavy atom. The molecule has 2 rings (SSSR count). The molecular formula is C11H13Cl2NO2. The van der Waals surface area contributed by atoms with Gasteiger partial charge in [-0.05, 0) is 29.7 Å². The molecule has 1 atom stereocenters. The first-order valence-electron chi connectivity index (χ1n) is 4.79. The number of methoxy groups -OCH3 is 1. The third kappa shape index (κ3) is 2.67. The Labute approximate surface area is 106 Å². The number of carbonyl (C=O) groups excluding carboxylic acids is 1. The Kier molecular flexibility index (Phi) is 4.59. The van der Waals surface area contributed by atoms with Gasteiger partial charge in [0.25, 0.3) is 0 Å². The Balaban J connectivity index is 0.00000128. The van der Waals surface area contributed by atoms with Gasteiger partial charge in [-0.1, -0.05) is 17.7 Å². The predicted octanol–water partition coefficient (Wildman–Crippen LogP) is 1.95. The maximum Gasteiger partial charge on any atom is 0.323 e. The molecule has 1 aliphatic rings. The molecule has 3 nitrogen and oxygen atoms in total. The fourth-order valence-corrected chi connectivity index (χ4v) is 1.99. The van der Waals surface area contributed by atoms with Gasteiger partial charge in [0.1, 0.15) is 6.04 Å². The van der Waals surface area contributed by atoms with Crippen molar-refractivity contribution in [3.8, 4) is 0 Å². The van der Waals surface area contributed by atoms with E-state index in [1.54, 1.807) is 0 Å². The maximum atomic E-state index is 11.3. The van der Waals surface area contributed by atoms with Crippen LogP contribution in [0.3, 0.4) is 0 Å². The summed E-state index contributed by atoms with van der Waals surface area (Å²) in [6, 6.07) is 5.51. The Hall–Kier alpha value is -0.770. The molecule has 1 heterocycles. The van der Waals surface area contributed by atoms with E-state index in [2.05, 4.69) is 5.32 Å². The molecule has 0 aliphatic carbocycles. The van der Waals surface area contributed by atoms with Crippen LogP contribution in [0.5, 0.6) is 0 Å². The number of benzene rings is 1. The summed E-state index contributed by atoms with van der Waals surface area (Å²) in [5, 5.41) is 3.84. The molecule has 1 aliphatic heterocycles. The first kappa shape index (κ1) is 13.3. The summed E-state index contributed by atoms with van der Waals surface area (Å²) in [5.41, 5.74) is 2.32. The first-order valence-corrected chi connectivity index (χ1v) is 5.17. The number of halogens is 2. The van der Waals surface area contributed by atoms with Crippen LogP contribution in [0.15, 0.2) is 18.2 Å². The van der Waals surface area contributed by atoms with Gasteiger partial charge in [0.05, 0.1) is 7.11 Å². The largest absolute Gasteiger partial charge is 0.468 e. The van der Waals surface area contributed by atoms with E-state index in [1.165, 1.54) is 12.7 Å². The normalized spacial score (nSPS) is 18.2. The smallest absolute Gasteiger partial charge is 0.323 e. The number of hydrogen-bond acceptors (Lipinski definition) is 3. The van der Waals surface area contributed by atoms with Crippen LogP contribution in [0.4, 0.5) is 0 Å². The fraction of sp³-hybridized carbons (Fsp3) is 0.364. The topological polar surface area (TPSA) is 38.3 Å². The van der Waals surface area contributed by atoms with Gasteiger partial charge < -0.3 is 10.1 Å². The Morgan fingerprint density at radius 1 is 1.50 bits per heavy atom. The highest BCUT2D eigenvalue weighted by atomic mass is 35.5. The minimum absolute atomic E-state index is 0. The van der Waals surface area contributed by atoms with E-state index in [9.17, 15) is 4.79 Å². The van der Waals surface area contributed by atoms with Crippen molar-refractivity contribution in [2.75, 3.05) is 7.11 Å². The highest BCUT2D eigenvalue weighted by Crippen LogP contribution is 2.21. The van der Waals surface area contributed by atoms with Crippen molar-refractivity contribution in [1.29, 1.82) is 0 Å². The summed E-state index contributed by atoms with van der Waals surface area (Å²) in [7, 11) is 1.40. The SMILES string of the molecule is COC(=O)[C@@H]1Cc2cc(Cl)ccc2CN1.Cl. The fourth-order valence-electron chi connectivity index (χ4n) is 1.79. The highest BCUT2D eigenvalue weighted by molar-refractivity contribution is 6.30. The van der Waals surface area contributed by atoms with Crippen LogP contribution in [0.2, 0.25) is 5.02 Å². The van der Waals surface area contributed by atoms with Crippen molar-refractivity contribution < 1.29 is 9.53 Å². The van der Waals surface area contributed by atoms with Crippen LogP contribution in [-0.2, 0) is 22.5 Å². The summed E-state index contributed by atoms with van der Waals surface area (Å²) in [5.74, 6) is -0.222. The molecule has 0 amide bonds. The van der Waals surface area contributed by atoms with E-state index in [0.717, 1.165) is 5.56 Å². The predicted molar refractivity (Wildman–Crippen MR) is 65.0 cm³/mol. The number of fused-ring (bicyclic) bond motifs is 1. The van der Waals surface area contributed by atoms with Gasteiger partial charge in [-0.25, -0.2) is 0 Å². The minimum Gasteiger partial charge on any atom is -0.468 e.